The van der Waals surface area contributed by atoms with E-state index in [1.54, 1.807) is 0 Å². The lowest BCUT2D eigenvalue weighted by atomic mass is 10.1. The van der Waals surface area contributed by atoms with E-state index in [-0.39, 0.29) is 24.8 Å². The largest absolute Gasteiger partial charge is 0.304 e. The fourth-order valence-electron chi connectivity index (χ4n) is 1.69. The van der Waals surface area contributed by atoms with Crippen LogP contribution in [0.1, 0.15) is 25.8 Å². The molecule has 0 atom stereocenters. The molecule has 0 fully saturated rings. The van der Waals surface area contributed by atoms with Crippen molar-refractivity contribution in [2.75, 3.05) is 19.6 Å². The van der Waals surface area contributed by atoms with Crippen molar-refractivity contribution in [1.82, 2.24) is 4.90 Å². The number of halogens is 2. The number of hydrogen-bond acceptors (Lipinski definition) is 1. The first-order valence-corrected chi connectivity index (χ1v) is 5.63. The maximum atomic E-state index is 2.48. The normalized spacial score (nSPS) is 9.44. The van der Waals surface area contributed by atoms with E-state index in [4.69, 9.17) is 0 Å². The van der Waals surface area contributed by atoms with Crippen LogP contribution in [-0.4, -0.2) is 24.5 Å². The summed E-state index contributed by atoms with van der Waals surface area (Å²) in [6.07, 6.45) is 2.48. The molecule has 0 amide bonds. The Kier molecular flexibility index (Phi) is 12.8. The van der Waals surface area contributed by atoms with Crippen LogP contribution in [0.4, 0.5) is 0 Å². The Bertz CT molecular complexity index is 235. The molecule has 1 aromatic carbocycles. The van der Waals surface area contributed by atoms with E-state index in [1.165, 1.54) is 38.0 Å². The molecule has 0 aliphatic carbocycles. The highest BCUT2D eigenvalue weighted by atomic mass is 35.5. The molecular weight excluding hydrogens is 241 g/mol. The van der Waals surface area contributed by atoms with Gasteiger partial charge in [-0.3, -0.25) is 0 Å². The summed E-state index contributed by atoms with van der Waals surface area (Å²) >= 11 is 0. The van der Waals surface area contributed by atoms with Gasteiger partial charge in [0.15, 0.2) is 0 Å². The molecule has 0 bridgehead atoms. The van der Waals surface area contributed by atoms with Gasteiger partial charge in [0.05, 0.1) is 0 Å². The molecule has 0 saturated heterocycles. The Morgan fingerprint density at radius 3 is 2.00 bits per heavy atom. The number of benzene rings is 1. The minimum Gasteiger partial charge on any atom is -0.304 e. The zero-order valence-corrected chi connectivity index (χ0v) is 11.8. The first-order valence-electron chi connectivity index (χ1n) is 5.63. The van der Waals surface area contributed by atoms with E-state index in [9.17, 15) is 0 Å². The molecule has 0 radical (unpaired) electrons. The highest BCUT2D eigenvalue weighted by Gasteiger charge is 1.98. The SMILES string of the molecule is CCN(CC)CCCc1ccccc1.Cl.Cl. The fraction of sp³-hybridized carbons (Fsp3) is 0.538. The van der Waals surface area contributed by atoms with Crippen molar-refractivity contribution in [2.45, 2.75) is 26.7 Å². The van der Waals surface area contributed by atoms with Gasteiger partial charge < -0.3 is 4.90 Å². The molecule has 16 heavy (non-hydrogen) atoms. The Balaban J connectivity index is 0. The maximum Gasteiger partial charge on any atom is -0.00158 e. The van der Waals surface area contributed by atoms with Gasteiger partial charge in [0.1, 0.15) is 0 Å². The third-order valence-electron chi connectivity index (χ3n) is 2.68. The first kappa shape index (κ1) is 18.1. The second-order valence-corrected chi connectivity index (χ2v) is 3.62. The molecule has 3 heteroatoms. The molecule has 0 aliphatic rings. The highest BCUT2D eigenvalue weighted by Crippen LogP contribution is 2.03. The molecule has 0 spiro atoms. The summed E-state index contributed by atoms with van der Waals surface area (Å²) < 4.78 is 0. The van der Waals surface area contributed by atoms with Crippen LogP contribution in [0.3, 0.4) is 0 Å². The van der Waals surface area contributed by atoms with E-state index >= 15 is 0 Å². The molecule has 1 nitrogen and oxygen atoms in total. The van der Waals surface area contributed by atoms with Crippen LogP contribution in [0.2, 0.25) is 0 Å². The van der Waals surface area contributed by atoms with Crippen LogP contribution in [0.15, 0.2) is 30.3 Å². The molecule has 0 aromatic heterocycles. The van der Waals surface area contributed by atoms with Crippen molar-refractivity contribution in [3.63, 3.8) is 0 Å². The first-order chi connectivity index (χ1) is 6.86. The van der Waals surface area contributed by atoms with Gasteiger partial charge in [-0.25, -0.2) is 0 Å². The van der Waals surface area contributed by atoms with E-state index < -0.39 is 0 Å². The molecule has 0 N–H and O–H groups in total. The molecule has 0 unspecified atom stereocenters. The maximum absolute atomic E-state index is 2.48. The third-order valence-corrected chi connectivity index (χ3v) is 2.68. The highest BCUT2D eigenvalue weighted by molar-refractivity contribution is 5.85. The van der Waals surface area contributed by atoms with Gasteiger partial charge in [0, 0.05) is 0 Å². The van der Waals surface area contributed by atoms with Crippen molar-refractivity contribution in [3.05, 3.63) is 35.9 Å². The fourth-order valence-corrected chi connectivity index (χ4v) is 1.69. The predicted molar refractivity (Wildman–Crippen MR) is 77.0 cm³/mol. The van der Waals surface area contributed by atoms with Crippen LogP contribution < -0.4 is 0 Å². The van der Waals surface area contributed by atoms with E-state index in [0.29, 0.717) is 0 Å². The summed E-state index contributed by atoms with van der Waals surface area (Å²) in [6, 6.07) is 10.7. The Labute approximate surface area is 112 Å². The van der Waals surface area contributed by atoms with E-state index in [2.05, 4.69) is 49.1 Å². The summed E-state index contributed by atoms with van der Waals surface area (Å²) in [7, 11) is 0. The number of nitrogens with zero attached hydrogens (tertiary/aromatic N) is 1. The van der Waals surface area contributed by atoms with Gasteiger partial charge in [0.2, 0.25) is 0 Å². The average molecular weight is 264 g/mol. The van der Waals surface area contributed by atoms with Crippen LogP contribution in [0, 0.1) is 0 Å². The predicted octanol–water partition coefficient (Wildman–Crippen LogP) is 3.80. The van der Waals surface area contributed by atoms with Gasteiger partial charge in [-0.15, -0.1) is 24.8 Å². The van der Waals surface area contributed by atoms with Crippen molar-refractivity contribution in [3.8, 4) is 0 Å². The van der Waals surface area contributed by atoms with Gasteiger partial charge >= 0.3 is 0 Å². The summed E-state index contributed by atoms with van der Waals surface area (Å²) in [5.74, 6) is 0. The minimum atomic E-state index is 0. The van der Waals surface area contributed by atoms with Gasteiger partial charge in [-0.1, -0.05) is 44.2 Å². The summed E-state index contributed by atoms with van der Waals surface area (Å²) in [4.78, 5) is 2.48. The Morgan fingerprint density at radius 2 is 1.50 bits per heavy atom. The van der Waals surface area contributed by atoms with Crippen LogP contribution >= 0.6 is 24.8 Å². The molecule has 0 aliphatic heterocycles. The van der Waals surface area contributed by atoms with Crippen molar-refractivity contribution in [2.24, 2.45) is 0 Å². The minimum absolute atomic E-state index is 0. The summed E-state index contributed by atoms with van der Waals surface area (Å²) in [6.45, 7) is 8.02. The monoisotopic (exact) mass is 263 g/mol. The quantitative estimate of drug-likeness (QED) is 0.755. The van der Waals surface area contributed by atoms with E-state index in [1.807, 2.05) is 0 Å². The number of hydrogen-bond donors (Lipinski definition) is 0. The van der Waals surface area contributed by atoms with Gasteiger partial charge in [-0.05, 0) is 38.0 Å². The smallest absolute Gasteiger partial charge is 0.00158 e. The topological polar surface area (TPSA) is 3.24 Å². The van der Waals surface area contributed by atoms with Crippen LogP contribution in [0.25, 0.3) is 0 Å². The van der Waals surface area contributed by atoms with E-state index in [0.717, 1.165) is 0 Å². The van der Waals surface area contributed by atoms with Crippen LogP contribution in [0.5, 0.6) is 0 Å². The molecular formula is C13H23Cl2N. The lowest BCUT2D eigenvalue weighted by Crippen LogP contribution is -2.24. The molecule has 1 rings (SSSR count). The average Bonchev–Trinajstić information content (AvgIpc) is 2.26. The molecule has 0 saturated carbocycles. The molecule has 94 valence electrons. The molecule has 0 heterocycles. The Morgan fingerprint density at radius 1 is 0.938 bits per heavy atom. The number of rotatable bonds is 6. The lowest BCUT2D eigenvalue weighted by molar-refractivity contribution is 0.300. The third kappa shape index (κ3) is 7.10. The van der Waals surface area contributed by atoms with Gasteiger partial charge in [0.25, 0.3) is 0 Å². The van der Waals surface area contributed by atoms with Crippen molar-refractivity contribution < 1.29 is 0 Å². The second kappa shape index (κ2) is 11.3. The summed E-state index contributed by atoms with van der Waals surface area (Å²) in [5, 5.41) is 0. The van der Waals surface area contributed by atoms with Gasteiger partial charge in [-0.2, -0.15) is 0 Å². The van der Waals surface area contributed by atoms with Crippen LogP contribution in [-0.2, 0) is 6.42 Å². The zero-order valence-electron chi connectivity index (χ0n) is 10.2. The zero-order chi connectivity index (χ0) is 10.2. The van der Waals surface area contributed by atoms with Crippen molar-refractivity contribution >= 4 is 24.8 Å². The lowest BCUT2D eigenvalue weighted by Gasteiger charge is -2.17. The standard InChI is InChI=1S/C13H21N.2ClH/c1-3-14(4-2)12-8-11-13-9-6-5-7-10-13;;/h5-7,9-10H,3-4,8,11-12H2,1-2H3;2*1H. The second-order valence-electron chi connectivity index (χ2n) is 3.62. The number of aryl methyl sites for hydroxylation is 1. The Hall–Kier alpha value is -0.240. The van der Waals surface area contributed by atoms with Crippen molar-refractivity contribution in [1.29, 1.82) is 0 Å². The molecule has 1 aromatic rings. The summed E-state index contributed by atoms with van der Waals surface area (Å²) in [5.41, 5.74) is 1.46.